The standard InChI is InChI=1S/C10H13NOS/c1-8(6-9(2)12)11-7-10-4-3-5-13-10/h3-6,11H,7H2,1-2H3/b8-6-. The van der Waals surface area contributed by atoms with Crippen molar-refractivity contribution in [3.05, 3.63) is 34.2 Å². The van der Waals surface area contributed by atoms with Gasteiger partial charge in [0.25, 0.3) is 0 Å². The number of nitrogens with one attached hydrogen (secondary N) is 1. The van der Waals surface area contributed by atoms with Gasteiger partial charge >= 0.3 is 0 Å². The fraction of sp³-hybridized carbons (Fsp3) is 0.300. The van der Waals surface area contributed by atoms with Gasteiger partial charge in [0, 0.05) is 17.1 Å². The van der Waals surface area contributed by atoms with Crippen LogP contribution in [-0.2, 0) is 11.3 Å². The summed E-state index contributed by atoms with van der Waals surface area (Å²) in [5.74, 6) is 0.0798. The molecule has 0 radical (unpaired) electrons. The van der Waals surface area contributed by atoms with Crippen LogP contribution in [0.15, 0.2) is 29.3 Å². The third-order valence-electron chi connectivity index (χ3n) is 1.54. The summed E-state index contributed by atoms with van der Waals surface area (Å²) in [6, 6.07) is 4.09. The summed E-state index contributed by atoms with van der Waals surface area (Å²) in [7, 11) is 0. The molecule has 0 amide bonds. The first-order valence-electron chi connectivity index (χ1n) is 4.13. The molecule has 1 heterocycles. The smallest absolute Gasteiger partial charge is 0.154 e. The summed E-state index contributed by atoms with van der Waals surface area (Å²) in [5.41, 5.74) is 0.918. The van der Waals surface area contributed by atoms with E-state index in [-0.39, 0.29) is 5.78 Å². The minimum Gasteiger partial charge on any atom is -0.384 e. The van der Waals surface area contributed by atoms with Crippen molar-refractivity contribution in [1.29, 1.82) is 0 Å². The van der Waals surface area contributed by atoms with Crippen LogP contribution in [0.25, 0.3) is 0 Å². The van der Waals surface area contributed by atoms with E-state index in [2.05, 4.69) is 11.4 Å². The number of ketones is 1. The van der Waals surface area contributed by atoms with E-state index in [1.165, 1.54) is 4.88 Å². The van der Waals surface area contributed by atoms with Crippen LogP contribution in [0.2, 0.25) is 0 Å². The maximum Gasteiger partial charge on any atom is 0.154 e. The molecule has 1 aromatic rings. The van der Waals surface area contributed by atoms with Gasteiger partial charge in [-0.15, -0.1) is 11.3 Å². The van der Waals surface area contributed by atoms with Crippen LogP contribution in [-0.4, -0.2) is 5.78 Å². The van der Waals surface area contributed by atoms with Gasteiger partial charge in [-0.25, -0.2) is 0 Å². The molecule has 13 heavy (non-hydrogen) atoms. The molecule has 2 nitrogen and oxygen atoms in total. The second-order valence-corrected chi connectivity index (χ2v) is 3.90. The van der Waals surface area contributed by atoms with Crippen molar-refractivity contribution in [1.82, 2.24) is 5.32 Å². The summed E-state index contributed by atoms with van der Waals surface area (Å²) in [6.45, 7) is 4.25. The first-order valence-corrected chi connectivity index (χ1v) is 5.01. The van der Waals surface area contributed by atoms with Gasteiger partial charge in [-0.1, -0.05) is 6.07 Å². The number of rotatable bonds is 4. The largest absolute Gasteiger partial charge is 0.384 e. The Hall–Kier alpha value is -1.09. The van der Waals surface area contributed by atoms with Gasteiger partial charge in [0.05, 0.1) is 0 Å². The number of hydrogen-bond donors (Lipinski definition) is 1. The first kappa shape index (κ1) is 9.99. The van der Waals surface area contributed by atoms with E-state index in [0.717, 1.165) is 12.2 Å². The van der Waals surface area contributed by atoms with E-state index >= 15 is 0 Å². The highest BCUT2D eigenvalue weighted by molar-refractivity contribution is 7.09. The molecule has 3 heteroatoms. The van der Waals surface area contributed by atoms with Gasteiger partial charge in [-0.3, -0.25) is 4.79 Å². The van der Waals surface area contributed by atoms with E-state index in [4.69, 9.17) is 0 Å². The molecule has 1 N–H and O–H groups in total. The lowest BCUT2D eigenvalue weighted by Gasteiger charge is -2.03. The van der Waals surface area contributed by atoms with Gasteiger partial charge in [0.15, 0.2) is 5.78 Å². The van der Waals surface area contributed by atoms with E-state index < -0.39 is 0 Å². The van der Waals surface area contributed by atoms with Crippen molar-refractivity contribution in [2.24, 2.45) is 0 Å². The molecule has 70 valence electrons. The van der Waals surface area contributed by atoms with E-state index in [0.29, 0.717) is 0 Å². The molecule has 0 saturated heterocycles. The zero-order valence-corrected chi connectivity index (χ0v) is 8.65. The lowest BCUT2D eigenvalue weighted by molar-refractivity contribution is -0.112. The molecule has 0 fully saturated rings. The number of allylic oxidation sites excluding steroid dienone is 2. The highest BCUT2D eigenvalue weighted by Crippen LogP contribution is 2.07. The Morgan fingerprint density at radius 1 is 1.62 bits per heavy atom. The van der Waals surface area contributed by atoms with E-state index in [1.807, 2.05) is 18.4 Å². The molecular weight excluding hydrogens is 182 g/mol. The fourth-order valence-electron chi connectivity index (χ4n) is 0.996. The molecular formula is C10H13NOS. The Balaban J connectivity index is 2.39. The lowest BCUT2D eigenvalue weighted by Crippen LogP contribution is -2.10. The normalized spacial score (nSPS) is 11.4. The van der Waals surface area contributed by atoms with Gasteiger partial charge in [-0.2, -0.15) is 0 Å². The second-order valence-electron chi connectivity index (χ2n) is 2.87. The molecule has 1 rings (SSSR count). The molecule has 0 aliphatic rings. The van der Waals surface area contributed by atoms with Gasteiger partial charge < -0.3 is 5.32 Å². The van der Waals surface area contributed by atoms with Crippen LogP contribution in [0.1, 0.15) is 18.7 Å². The van der Waals surface area contributed by atoms with Crippen LogP contribution in [0, 0.1) is 0 Å². The Bertz CT molecular complexity index is 301. The highest BCUT2D eigenvalue weighted by Gasteiger charge is 1.93. The molecule has 0 aliphatic heterocycles. The zero-order valence-electron chi connectivity index (χ0n) is 7.83. The van der Waals surface area contributed by atoms with Crippen LogP contribution in [0.3, 0.4) is 0 Å². The van der Waals surface area contributed by atoms with Crippen LogP contribution in [0.5, 0.6) is 0 Å². The number of hydrogen-bond acceptors (Lipinski definition) is 3. The van der Waals surface area contributed by atoms with Crippen molar-refractivity contribution in [2.45, 2.75) is 20.4 Å². The SMILES string of the molecule is CC(=O)/C=C(/C)NCc1cccs1. The van der Waals surface area contributed by atoms with Crippen molar-refractivity contribution < 1.29 is 4.79 Å². The summed E-state index contributed by atoms with van der Waals surface area (Å²) >= 11 is 1.71. The van der Waals surface area contributed by atoms with Crippen molar-refractivity contribution in [3.8, 4) is 0 Å². The third-order valence-corrected chi connectivity index (χ3v) is 2.42. The minimum atomic E-state index is 0.0798. The molecule has 0 unspecified atom stereocenters. The fourth-order valence-corrected chi connectivity index (χ4v) is 1.64. The summed E-state index contributed by atoms with van der Waals surface area (Å²) in [6.07, 6.45) is 1.60. The van der Waals surface area contributed by atoms with Crippen molar-refractivity contribution in [2.75, 3.05) is 0 Å². The van der Waals surface area contributed by atoms with Crippen LogP contribution >= 0.6 is 11.3 Å². The molecule has 0 atom stereocenters. The molecule has 0 bridgehead atoms. The number of carbonyl (C=O) groups is 1. The topological polar surface area (TPSA) is 29.1 Å². The predicted molar refractivity (Wildman–Crippen MR) is 55.6 cm³/mol. The van der Waals surface area contributed by atoms with Crippen LogP contribution < -0.4 is 5.32 Å². The summed E-state index contributed by atoms with van der Waals surface area (Å²) in [5, 5.41) is 5.21. The molecule has 0 aliphatic carbocycles. The van der Waals surface area contributed by atoms with Crippen molar-refractivity contribution >= 4 is 17.1 Å². The number of carbonyl (C=O) groups excluding carboxylic acids is 1. The second kappa shape index (κ2) is 4.82. The Labute approximate surface area is 82.3 Å². The van der Waals surface area contributed by atoms with Crippen molar-refractivity contribution in [3.63, 3.8) is 0 Å². The molecule has 0 spiro atoms. The zero-order chi connectivity index (χ0) is 9.68. The molecule has 0 saturated carbocycles. The van der Waals surface area contributed by atoms with Gasteiger partial charge in [0.1, 0.15) is 0 Å². The summed E-state index contributed by atoms with van der Waals surface area (Å²) in [4.78, 5) is 12.0. The number of thiophene rings is 1. The predicted octanol–water partition coefficient (Wildman–Crippen LogP) is 2.33. The maximum atomic E-state index is 10.7. The van der Waals surface area contributed by atoms with Gasteiger partial charge in [0.2, 0.25) is 0 Å². The third kappa shape index (κ3) is 3.90. The monoisotopic (exact) mass is 195 g/mol. The lowest BCUT2D eigenvalue weighted by atomic mass is 10.3. The molecule has 1 aromatic heterocycles. The average molecular weight is 195 g/mol. The van der Waals surface area contributed by atoms with Gasteiger partial charge in [-0.05, 0) is 31.4 Å². The summed E-state index contributed by atoms with van der Waals surface area (Å²) < 4.78 is 0. The first-order chi connectivity index (χ1) is 6.18. The Morgan fingerprint density at radius 3 is 2.92 bits per heavy atom. The Kier molecular flexibility index (Phi) is 3.71. The minimum absolute atomic E-state index is 0.0798. The molecule has 0 aromatic carbocycles. The average Bonchev–Trinajstić information content (AvgIpc) is 2.51. The van der Waals surface area contributed by atoms with E-state index in [9.17, 15) is 4.79 Å². The Morgan fingerprint density at radius 2 is 2.38 bits per heavy atom. The van der Waals surface area contributed by atoms with Crippen LogP contribution in [0.4, 0.5) is 0 Å². The maximum absolute atomic E-state index is 10.7. The van der Waals surface area contributed by atoms with E-state index in [1.54, 1.807) is 24.3 Å². The quantitative estimate of drug-likeness (QED) is 0.747. The highest BCUT2D eigenvalue weighted by atomic mass is 32.1.